The third-order valence-corrected chi connectivity index (χ3v) is 6.91. The molecule has 1 aliphatic rings. The van der Waals surface area contributed by atoms with Crippen molar-refractivity contribution < 1.29 is 18.1 Å². The Labute approximate surface area is 177 Å². The summed E-state index contributed by atoms with van der Waals surface area (Å²) >= 11 is 0. The summed E-state index contributed by atoms with van der Waals surface area (Å²) in [5.74, 6) is 0.740. The number of nitrogens with one attached hydrogen (secondary N) is 1. The Morgan fingerprint density at radius 1 is 1.13 bits per heavy atom. The first-order chi connectivity index (χ1) is 14.3. The molecular weight excluding hydrogens is 406 g/mol. The normalized spacial score (nSPS) is 16.2. The molecule has 1 fully saturated rings. The van der Waals surface area contributed by atoms with E-state index >= 15 is 0 Å². The van der Waals surface area contributed by atoms with Crippen LogP contribution >= 0.6 is 0 Å². The molecule has 8 nitrogen and oxygen atoms in total. The van der Waals surface area contributed by atoms with Crippen molar-refractivity contribution in [3.63, 3.8) is 0 Å². The zero-order valence-corrected chi connectivity index (χ0v) is 18.0. The lowest BCUT2D eigenvalue weighted by atomic mass is 10.0. The lowest BCUT2D eigenvalue weighted by molar-refractivity contribution is -0.385. The van der Waals surface area contributed by atoms with E-state index in [9.17, 15) is 18.5 Å². The van der Waals surface area contributed by atoms with Crippen molar-refractivity contribution in [3.8, 4) is 5.75 Å². The number of rotatable bonds is 8. The van der Waals surface area contributed by atoms with Gasteiger partial charge in [-0.2, -0.15) is 0 Å². The van der Waals surface area contributed by atoms with E-state index in [-0.39, 0.29) is 23.2 Å². The summed E-state index contributed by atoms with van der Waals surface area (Å²) < 4.78 is 33.6. The summed E-state index contributed by atoms with van der Waals surface area (Å²) in [6.07, 6.45) is 3.32. The summed E-state index contributed by atoms with van der Waals surface area (Å²) in [6, 6.07) is 11.5. The summed E-state index contributed by atoms with van der Waals surface area (Å²) in [7, 11) is -2.29. The second-order valence-electron chi connectivity index (χ2n) is 7.44. The fraction of sp³-hybridized carbons (Fsp3) is 0.429. The molecule has 0 amide bonds. The minimum Gasteiger partial charge on any atom is -0.497 e. The third kappa shape index (κ3) is 5.16. The standard InChI is InChI=1S/C21H27N3O5S/c1-16-6-11-19(14-20(16)24(25)26)30(27,28)22-15-21(23-12-4-3-5-13-23)17-7-9-18(29-2)10-8-17/h6-11,14,21-22H,3-5,12-13,15H2,1-2H3. The lowest BCUT2D eigenvalue weighted by Gasteiger charge is -2.35. The Kier molecular flexibility index (Phi) is 7.06. The van der Waals surface area contributed by atoms with Gasteiger partial charge in [0.2, 0.25) is 10.0 Å². The topological polar surface area (TPSA) is 102 Å². The monoisotopic (exact) mass is 433 g/mol. The molecule has 0 aliphatic carbocycles. The van der Waals surface area contributed by atoms with Gasteiger partial charge in [0.05, 0.1) is 16.9 Å². The van der Waals surface area contributed by atoms with Gasteiger partial charge in [0, 0.05) is 24.2 Å². The minimum atomic E-state index is -3.89. The van der Waals surface area contributed by atoms with Crippen LogP contribution < -0.4 is 9.46 Å². The van der Waals surface area contributed by atoms with Crippen molar-refractivity contribution in [1.82, 2.24) is 9.62 Å². The molecule has 1 aliphatic heterocycles. The molecule has 0 spiro atoms. The first-order valence-electron chi connectivity index (χ1n) is 9.94. The van der Waals surface area contributed by atoms with Crippen LogP contribution in [0.5, 0.6) is 5.75 Å². The predicted molar refractivity (Wildman–Crippen MR) is 114 cm³/mol. The van der Waals surface area contributed by atoms with Crippen molar-refractivity contribution in [2.45, 2.75) is 37.1 Å². The largest absolute Gasteiger partial charge is 0.497 e. The Balaban J connectivity index is 1.83. The number of hydrogen-bond donors (Lipinski definition) is 1. The zero-order valence-electron chi connectivity index (χ0n) is 17.2. The Bertz CT molecular complexity index is 986. The number of nitro benzene ring substituents is 1. The average molecular weight is 434 g/mol. The van der Waals surface area contributed by atoms with Crippen LogP contribution in [0.25, 0.3) is 0 Å². The van der Waals surface area contributed by atoms with Crippen LogP contribution in [0, 0.1) is 17.0 Å². The molecule has 1 saturated heterocycles. The van der Waals surface area contributed by atoms with Gasteiger partial charge in [-0.15, -0.1) is 0 Å². The maximum Gasteiger partial charge on any atom is 0.273 e. The molecule has 1 unspecified atom stereocenters. The highest BCUT2D eigenvalue weighted by molar-refractivity contribution is 7.89. The summed E-state index contributed by atoms with van der Waals surface area (Å²) in [5.41, 5.74) is 1.21. The minimum absolute atomic E-state index is 0.105. The molecule has 0 saturated carbocycles. The molecule has 0 bridgehead atoms. The van der Waals surface area contributed by atoms with Gasteiger partial charge < -0.3 is 4.74 Å². The second-order valence-corrected chi connectivity index (χ2v) is 9.21. The SMILES string of the molecule is COc1ccc(C(CNS(=O)(=O)c2ccc(C)c([N+](=O)[O-])c2)N2CCCCC2)cc1. The molecule has 1 N–H and O–H groups in total. The maximum atomic E-state index is 12.9. The van der Waals surface area contributed by atoms with Crippen molar-refractivity contribution >= 4 is 15.7 Å². The van der Waals surface area contributed by atoms with Gasteiger partial charge in [0.15, 0.2) is 0 Å². The highest BCUT2D eigenvalue weighted by Crippen LogP contribution is 2.27. The average Bonchev–Trinajstić information content (AvgIpc) is 2.75. The molecular formula is C21H27N3O5S. The molecule has 9 heteroatoms. The molecule has 3 rings (SSSR count). The first-order valence-corrected chi connectivity index (χ1v) is 11.4. The van der Waals surface area contributed by atoms with E-state index < -0.39 is 14.9 Å². The molecule has 162 valence electrons. The Hall–Kier alpha value is -2.49. The molecule has 2 aromatic rings. The number of benzene rings is 2. The van der Waals surface area contributed by atoms with Crippen LogP contribution in [-0.2, 0) is 10.0 Å². The lowest BCUT2D eigenvalue weighted by Crippen LogP contribution is -2.40. The van der Waals surface area contributed by atoms with E-state index in [0.717, 1.165) is 43.3 Å². The van der Waals surface area contributed by atoms with E-state index in [1.807, 2.05) is 24.3 Å². The fourth-order valence-corrected chi connectivity index (χ4v) is 4.80. The highest BCUT2D eigenvalue weighted by Gasteiger charge is 2.26. The van der Waals surface area contributed by atoms with Crippen LogP contribution in [0.15, 0.2) is 47.4 Å². The number of piperidine rings is 1. The van der Waals surface area contributed by atoms with Gasteiger partial charge in [0.1, 0.15) is 5.75 Å². The quantitative estimate of drug-likeness (QED) is 0.506. The smallest absolute Gasteiger partial charge is 0.273 e. The predicted octanol–water partition coefficient (Wildman–Crippen LogP) is 3.42. The number of likely N-dealkylation sites (tertiary alicyclic amines) is 1. The number of aryl methyl sites for hydroxylation is 1. The number of nitro groups is 1. The Morgan fingerprint density at radius 2 is 1.80 bits per heavy atom. The molecule has 0 aromatic heterocycles. The van der Waals surface area contributed by atoms with Gasteiger partial charge in [-0.05, 0) is 56.6 Å². The van der Waals surface area contributed by atoms with E-state index in [0.29, 0.717) is 5.56 Å². The van der Waals surface area contributed by atoms with E-state index in [2.05, 4.69) is 9.62 Å². The fourth-order valence-electron chi connectivity index (χ4n) is 3.74. The van der Waals surface area contributed by atoms with Crippen LogP contribution in [0.4, 0.5) is 5.69 Å². The van der Waals surface area contributed by atoms with Crippen molar-refractivity contribution in [2.24, 2.45) is 0 Å². The number of ether oxygens (including phenoxy) is 1. The van der Waals surface area contributed by atoms with Crippen LogP contribution in [0.1, 0.15) is 36.4 Å². The van der Waals surface area contributed by atoms with Gasteiger partial charge in [0.25, 0.3) is 5.69 Å². The number of methoxy groups -OCH3 is 1. The second kappa shape index (κ2) is 9.55. The molecule has 1 atom stereocenters. The van der Waals surface area contributed by atoms with Crippen LogP contribution in [0.3, 0.4) is 0 Å². The van der Waals surface area contributed by atoms with Crippen LogP contribution in [0.2, 0.25) is 0 Å². The molecule has 0 radical (unpaired) electrons. The number of sulfonamides is 1. The summed E-state index contributed by atoms with van der Waals surface area (Å²) in [6.45, 7) is 3.55. The number of nitrogens with zero attached hydrogens (tertiary/aromatic N) is 2. The highest BCUT2D eigenvalue weighted by atomic mass is 32.2. The van der Waals surface area contributed by atoms with Gasteiger partial charge in [-0.1, -0.05) is 24.6 Å². The van der Waals surface area contributed by atoms with Gasteiger partial charge in [-0.25, -0.2) is 13.1 Å². The third-order valence-electron chi connectivity index (χ3n) is 5.49. The van der Waals surface area contributed by atoms with E-state index in [4.69, 9.17) is 4.74 Å². The van der Waals surface area contributed by atoms with E-state index in [1.165, 1.54) is 18.6 Å². The number of hydrogen-bond acceptors (Lipinski definition) is 6. The van der Waals surface area contributed by atoms with Crippen LogP contribution in [-0.4, -0.2) is 45.0 Å². The molecule has 2 aromatic carbocycles. The summed E-state index contributed by atoms with van der Waals surface area (Å²) in [4.78, 5) is 12.8. The van der Waals surface area contributed by atoms with Crippen molar-refractivity contribution in [1.29, 1.82) is 0 Å². The molecule has 30 heavy (non-hydrogen) atoms. The first kappa shape index (κ1) is 22.2. The van der Waals surface area contributed by atoms with Crippen molar-refractivity contribution in [3.05, 3.63) is 63.7 Å². The van der Waals surface area contributed by atoms with E-state index in [1.54, 1.807) is 14.0 Å². The van der Waals surface area contributed by atoms with Gasteiger partial charge >= 0.3 is 0 Å². The maximum absolute atomic E-state index is 12.9. The zero-order chi connectivity index (χ0) is 21.7. The van der Waals surface area contributed by atoms with Gasteiger partial charge in [-0.3, -0.25) is 15.0 Å². The molecule has 1 heterocycles. The summed E-state index contributed by atoms with van der Waals surface area (Å²) in [5, 5.41) is 11.2. The van der Waals surface area contributed by atoms with Crippen molar-refractivity contribution in [2.75, 3.05) is 26.7 Å². The Morgan fingerprint density at radius 3 is 2.40 bits per heavy atom.